The molecule has 0 unspecified atom stereocenters. The third-order valence-corrected chi connectivity index (χ3v) is 6.08. The molecular formula is C26H21BrN4O2. The summed E-state index contributed by atoms with van der Waals surface area (Å²) in [5, 5.41) is 3.78. The number of hydrogen-bond acceptors (Lipinski definition) is 3. The first-order chi connectivity index (χ1) is 16.0. The van der Waals surface area contributed by atoms with Crippen molar-refractivity contribution in [1.82, 2.24) is 14.1 Å². The predicted molar refractivity (Wildman–Crippen MR) is 135 cm³/mol. The summed E-state index contributed by atoms with van der Waals surface area (Å²) in [4.78, 5) is 31.1. The molecule has 0 aliphatic carbocycles. The minimum atomic E-state index is -0.217. The Labute approximate surface area is 198 Å². The number of halogens is 1. The lowest BCUT2D eigenvalue weighted by atomic mass is 10.1. The number of carbonyl (C=O) groups is 1. The van der Waals surface area contributed by atoms with E-state index < -0.39 is 0 Å². The number of aryl methyl sites for hydroxylation is 1. The second kappa shape index (κ2) is 8.67. The molecule has 1 amide bonds. The van der Waals surface area contributed by atoms with E-state index in [1.807, 2.05) is 79.7 Å². The van der Waals surface area contributed by atoms with Gasteiger partial charge < -0.3 is 9.88 Å². The zero-order valence-corrected chi connectivity index (χ0v) is 19.5. The second-order valence-corrected chi connectivity index (χ2v) is 8.94. The second-order valence-electron chi connectivity index (χ2n) is 8.03. The summed E-state index contributed by atoms with van der Waals surface area (Å²) in [6.45, 7) is 2.41. The fraction of sp³-hybridized carbons (Fsp3) is 0.115. The van der Waals surface area contributed by atoms with Crippen LogP contribution in [0.5, 0.6) is 0 Å². The topological polar surface area (TPSA) is 68.9 Å². The van der Waals surface area contributed by atoms with E-state index in [0.717, 1.165) is 26.5 Å². The maximum absolute atomic E-state index is 13.6. The SMILES string of the molecule is Cc1ccc2c(c1)c1ncn(Cc3ccccc3)c(=O)c1n2CC(=O)Nc1cccc(Br)c1. The van der Waals surface area contributed by atoms with Crippen LogP contribution in [-0.2, 0) is 17.9 Å². The highest BCUT2D eigenvalue weighted by atomic mass is 79.9. The smallest absolute Gasteiger partial charge is 0.278 e. The lowest BCUT2D eigenvalue weighted by molar-refractivity contribution is -0.116. The summed E-state index contributed by atoms with van der Waals surface area (Å²) >= 11 is 3.42. The molecule has 5 aromatic rings. The van der Waals surface area contributed by atoms with Gasteiger partial charge in [0.1, 0.15) is 17.6 Å². The van der Waals surface area contributed by atoms with Crippen molar-refractivity contribution in [2.75, 3.05) is 5.32 Å². The molecule has 0 radical (unpaired) electrons. The Balaban J connectivity index is 1.61. The van der Waals surface area contributed by atoms with Crippen molar-refractivity contribution < 1.29 is 4.79 Å². The molecule has 0 saturated heterocycles. The van der Waals surface area contributed by atoms with Gasteiger partial charge in [-0.15, -0.1) is 0 Å². The Morgan fingerprint density at radius 3 is 2.64 bits per heavy atom. The highest BCUT2D eigenvalue weighted by Crippen LogP contribution is 2.27. The van der Waals surface area contributed by atoms with Crippen molar-refractivity contribution in [3.8, 4) is 0 Å². The van der Waals surface area contributed by atoms with Crippen LogP contribution < -0.4 is 10.9 Å². The molecular weight excluding hydrogens is 480 g/mol. The number of carbonyl (C=O) groups excluding carboxylic acids is 1. The molecule has 0 saturated carbocycles. The molecule has 164 valence electrons. The van der Waals surface area contributed by atoms with E-state index >= 15 is 0 Å². The fourth-order valence-corrected chi connectivity index (χ4v) is 4.48. The number of nitrogens with one attached hydrogen (secondary N) is 1. The van der Waals surface area contributed by atoms with Gasteiger partial charge in [-0.3, -0.25) is 14.2 Å². The number of hydrogen-bond donors (Lipinski definition) is 1. The Kier molecular flexibility index (Phi) is 5.56. The van der Waals surface area contributed by atoms with E-state index in [-0.39, 0.29) is 18.0 Å². The first-order valence-corrected chi connectivity index (χ1v) is 11.4. The van der Waals surface area contributed by atoms with Gasteiger partial charge in [0, 0.05) is 15.5 Å². The lowest BCUT2D eigenvalue weighted by Crippen LogP contribution is -2.25. The van der Waals surface area contributed by atoms with Gasteiger partial charge in [0.05, 0.1) is 18.4 Å². The summed E-state index contributed by atoms with van der Waals surface area (Å²) in [5.74, 6) is -0.217. The highest BCUT2D eigenvalue weighted by molar-refractivity contribution is 9.10. The highest BCUT2D eigenvalue weighted by Gasteiger charge is 2.19. The third-order valence-electron chi connectivity index (χ3n) is 5.59. The quantitative estimate of drug-likeness (QED) is 0.364. The van der Waals surface area contributed by atoms with Crippen LogP contribution in [0.4, 0.5) is 5.69 Å². The summed E-state index contributed by atoms with van der Waals surface area (Å²) in [7, 11) is 0. The Hall–Kier alpha value is -3.71. The molecule has 1 N–H and O–H groups in total. The summed E-state index contributed by atoms with van der Waals surface area (Å²) in [6, 6.07) is 23.1. The van der Waals surface area contributed by atoms with Crippen molar-refractivity contribution in [3.63, 3.8) is 0 Å². The molecule has 33 heavy (non-hydrogen) atoms. The molecule has 0 aliphatic rings. The number of amides is 1. The Morgan fingerprint density at radius 1 is 1.03 bits per heavy atom. The number of benzene rings is 3. The van der Waals surface area contributed by atoms with Gasteiger partial charge in [-0.1, -0.05) is 64.0 Å². The molecule has 2 aromatic heterocycles. The van der Waals surface area contributed by atoms with Gasteiger partial charge in [0.15, 0.2) is 0 Å². The average molecular weight is 501 g/mol. The standard InChI is InChI=1S/C26H21BrN4O2/c1-17-10-11-22-21(12-17)24-25(26(33)30(16-28-24)14-18-6-3-2-4-7-18)31(22)15-23(32)29-20-9-5-8-19(27)13-20/h2-13,16H,14-15H2,1H3,(H,29,32). The molecule has 6 nitrogen and oxygen atoms in total. The third kappa shape index (κ3) is 4.19. The van der Waals surface area contributed by atoms with Crippen LogP contribution in [0.1, 0.15) is 11.1 Å². The zero-order chi connectivity index (χ0) is 22.9. The zero-order valence-electron chi connectivity index (χ0n) is 18.0. The number of fused-ring (bicyclic) bond motifs is 3. The molecule has 0 aliphatic heterocycles. The van der Waals surface area contributed by atoms with Crippen molar-refractivity contribution in [1.29, 1.82) is 0 Å². The van der Waals surface area contributed by atoms with E-state index in [1.54, 1.807) is 15.5 Å². The monoisotopic (exact) mass is 500 g/mol. The normalized spacial score (nSPS) is 11.2. The van der Waals surface area contributed by atoms with Crippen LogP contribution >= 0.6 is 15.9 Å². The Morgan fingerprint density at radius 2 is 1.85 bits per heavy atom. The van der Waals surface area contributed by atoms with E-state index in [1.165, 1.54) is 0 Å². The number of anilines is 1. The fourth-order valence-electron chi connectivity index (χ4n) is 4.08. The number of nitrogens with zero attached hydrogens (tertiary/aromatic N) is 3. The molecule has 2 heterocycles. The van der Waals surface area contributed by atoms with Gasteiger partial charge in [-0.25, -0.2) is 4.98 Å². The van der Waals surface area contributed by atoms with Crippen molar-refractivity contribution in [3.05, 3.63) is 105 Å². The minimum absolute atomic E-state index is 0.00183. The number of rotatable bonds is 5. The summed E-state index contributed by atoms with van der Waals surface area (Å²) < 4.78 is 4.24. The minimum Gasteiger partial charge on any atom is -0.325 e. The van der Waals surface area contributed by atoms with E-state index in [9.17, 15) is 9.59 Å². The van der Waals surface area contributed by atoms with Gasteiger partial charge in [0.25, 0.3) is 5.56 Å². The van der Waals surface area contributed by atoms with Crippen LogP contribution in [0.15, 0.2) is 88.4 Å². The number of aromatic nitrogens is 3. The van der Waals surface area contributed by atoms with E-state index in [2.05, 4.69) is 26.2 Å². The van der Waals surface area contributed by atoms with Crippen molar-refractivity contribution in [2.45, 2.75) is 20.0 Å². The average Bonchev–Trinajstić information content (AvgIpc) is 3.09. The van der Waals surface area contributed by atoms with Gasteiger partial charge in [-0.05, 0) is 42.8 Å². The van der Waals surface area contributed by atoms with Crippen LogP contribution in [0, 0.1) is 6.92 Å². The molecule has 5 rings (SSSR count). The molecule has 0 atom stereocenters. The summed E-state index contributed by atoms with van der Waals surface area (Å²) in [6.07, 6.45) is 1.59. The lowest BCUT2D eigenvalue weighted by Gasteiger charge is -2.10. The van der Waals surface area contributed by atoms with Crippen LogP contribution in [0.25, 0.3) is 21.9 Å². The van der Waals surface area contributed by atoms with Gasteiger partial charge in [0.2, 0.25) is 5.91 Å². The molecule has 0 spiro atoms. The molecule has 0 bridgehead atoms. The van der Waals surface area contributed by atoms with Crippen LogP contribution in [0.3, 0.4) is 0 Å². The first-order valence-electron chi connectivity index (χ1n) is 10.6. The van der Waals surface area contributed by atoms with Gasteiger partial charge >= 0.3 is 0 Å². The summed E-state index contributed by atoms with van der Waals surface area (Å²) in [5.41, 5.74) is 4.43. The van der Waals surface area contributed by atoms with Crippen molar-refractivity contribution >= 4 is 49.5 Å². The van der Waals surface area contributed by atoms with Crippen LogP contribution in [0.2, 0.25) is 0 Å². The largest absolute Gasteiger partial charge is 0.325 e. The van der Waals surface area contributed by atoms with Gasteiger partial charge in [-0.2, -0.15) is 0 Å². The van der Waals surface area contributed by atoms with Crippen molar-refractivity contribution in [2.24, 2.45) is 0 Å². The maximum Gasteiger partial charge on any atom is 0.278 e. The first kappa shape index (κ1) is 21.2. The van der Waals surface area contributed by atoms with E-state index in [4.69, 9.17) is 0 Å². The van der Waals surface area contributed by atoms with E-state index in [0.29, 0.717) is 23.3 Å². The molecule has 0 fully saturated rings. The van der Waals surface area contributed by atoms with Crippen LogP contribution in [-0.4, -0.2) is 20.0 Å². The molecule has 7 heteroatoms. The Bertz CT molecular complexity index is 1550. The predicted octanol–water partition coefficient (Wildman–Crippen LogP) is 5.11. The maximum atomic E-state index is 13.6. The molecule has 3 aromatic carbocycles.